The molecule has 298 valence electrons. The van der Waals surface area contributed by atoms with Crippen molar-refractivity contribution in [3.05, 3.63) is 124 Å². The first kappa shape index (κ1) is 39.2. The molecule has 4 heteroatoms. The molecule has 0 unspecified atom stereocenters. The number of nitrogens with zero attached hydrogens (tertiary/aromatic N) is 2. The van der Waals surface area contributed by atoms with Gasteiger partial charge in [0.2, 0.25) is 0 Å². The standard InChI is InChI=1S/C54H63BN2S/c1-32-28-42-46-43(29-32)57(41-24-18-35(30-33(41)2)51(6,7)8)47-38-31-36(52(9,10)11)19-25-44(38)58-49(47)55(46)40-23-22-39-45(54(14,15)27-26-53(39,12)13)48(40)56(42)37-20-16-34(17-21-37)50(3,4)5/h16-25,28-31H,26-27H2,1-15H3. The quantitative estimate of drug-likeness (QED) is 0.161. The van der Waals surface area contributed by atoms with Crippen molar-refractivity contribution in [2.75, 3.05) is 9.80 Å². The minimum absolute atomic E-state index is 0.0151. The second-order valence-electron chi connectivity index (χ2n) is 22.3. The third kappa shape index (κ3) is 5.94. The zero-order chi connectivity index (χ0) is 41.6. The molecule has 0 atom stereocenters. The summed E-state index contributed by atoms with van der Waals surface area (Å²) in [5, 5.41) is 1.36. The maximum atomic E-state index is 2.69. The predicted octanol–water partition coefficient (Wildman–Crippen LogP) is 13.8. The van der Waals surface area contributed by atoms with Gasteiger partial charge < -0.3 is 9.80 Å². The maximum Gasteiger partial charge on any atom is 0.264 e. The average Bonchev–Trinajstić information content (AvgIpc) is 3.51. The molecule has 6 aromatic rings. The fourth-order valence-corrected chi connectivity index (χ4v) is 11.6. The molecule has 1 aliphatic carbocycles. The summed E-state index contributed by atoms with van der Waals surface area (Å²) < 4.78 is 2.81. The normalized spacial score (nSPS) is 16.9. The highest BCUT2D eigenvalue weighted by molar-refractivity contribution is 7.33. The van der Waals surface area contributed by atoms with Crippen molar-refractivity contribution in [3.8, 4) is 0 Å². The molecule has 0 saturated heterocycles. The Labute approximate surface area is 353 Å². The monoisotopic (exact) mass is 782 g/mol. The van der Waals surface area contributed by atoms with Crippen LogP contribution in [0.15, 0.2) is 84.9 Å². The van der Waals surface area contributed by atoms with E-state index in [4.69, 9.17) is 0 Å². The fourth-order valence-electron chi connectivity index (χ4n) is 10.3. The van der Waals surface area contributed by atoms with Crippen molar-refractivity contribution >= 4 is 78.0 Å². The van der Waals surface area contributed by atoms with E-state index < -0.39 is 0 Å². The topological polar surface area (TPSA) is 6.48 Å². The molecule has 1 aromatic heterocycles. The van der Waals surface area contributed by atoms with E-state index in [1.54, 1.807) is 0 Å². The highest BCUT2D eigenvalue weighted by atomic mass is 32.1. The molecule has 0 spiro atoms. The molecule has 5 aromatic carbocycles. The van der Waals surface area contributed by atoms with E-state index in [2.05, 4.69) is 199 Å². The SMILES string of the molecule is Cc1cc2c3c(c1)N(c1ccc(C(C)(C)C)cc1C)c1c(sc4ccc(C(C)(C)C)cc14)B3c1ccc3c(c1N2c1ccc(C(C)(C)C)cc1)C(C)(C)CCC3(C)C. The lowest BCUT2D eigenvalue weighted by molar-refractivity contribution is 0.333. The largest absolute Gasteiger partial charge is 0.311 e. The van der Waals surface area contributed by atoms with Crippen molar-refractivity contribution in [2.24, 2.45) is 0 Å². The van der Waals surface area contributed by atoms with Gasteiger partial charge in [-0.25, -0.2) is 0 Å². The summed E-state index contributed by atoms with van der Waals surface area (Å²) in [5.41, 5.74) is 20.8. The second-order valence-corrected chi connectivity index (χ2v) is 23.4. The smallest absolute Gasteiger partial charge is 0.264 e. The molecular weight excluding hydrogens is 719 g/mol. The number of thiophene rings is 1. The molecule has 58 heavy (non-hydrogen) atoms. The van der Waals surface area contributed by atoms with E-state index in [0.717, 1.165) is 6.42 Å². The minimum Gasteiger partial charge on any atom is -0.311 e. The molecule has 0 bridgehead atoms. The first-order chi connectivity index (χ1) is 27.0. The van der Waals surface area contributed by atoms with Gasteiger partial charge in [0, 0.05) is 43.3 Å². The highest BCUT2D eigenvalue weighted by Gasteiger charge is 2.49. The molecule has 0 fully saturated rings. The summed E-state index contributed by atoms with van der Waals surface area (Å²) in [4.78, 5) is 5.36. The number of fused-ring (bicyclic) bond motifs is 8. The first-order valence-corrected chi connectivity index (χ1v) is 22.5. The van der Waals surface area contributed by atoms with E-state index in [1.165, 1.54) is 105 Å². The van der Waals surface area contributed by atoms with Crippen LogP contribution in [0.25, 0.3) is 10.1 Å². The predicted molar refractivity (Wildman–Crippen MR) is 257 cm³/mol. The Morgan fingerprint density at radius 3 is 1.76 bits per heavy atom. The van der Waals surface area contributed by atoms with Gasteiger partial charge in [0.1, 0.15) is 0 Å². The Morgan fingerprint density at radius 1 is 0.569 bits per heavy atom. The third-order valence-electron chi connectivity index (χ3n) is 13.9. The Kier molecular flexibility index (Phi) is 8.53. The van der Waals surface area contributed by atoms with Crippen LogP contribution in [0, 0.1) is 13.8 Å². The van der Waals surface area contributed by atoms with Crippen molar-refractivity contribution in [2.45, 2.75) is 144 Å². The zero-order valence-electron chi connectivity index (χ0n) is 37.9. The molecule has 3 heterocycles. The van der Waals surface area contributed by atoms with Gasteiger partial charge in [0.05, 0.1) is 5.69 Å². The summed E-state index contributed by atoms with van der Waals surface area (Å²) >= 11 is 2.02. The molecule has 0 N–H and O–H groups in total. The summed E-state index contributed by atoms with van der Waals surface area (Å²) in [6.07, 6.45) is 2.35. The van der Waals surface area contributed by atoms with Crippen molar-refractivity contribution in [3.63, 3.8) is 0 Å². The van der Waals surface area contributed by atoms with Crippen LogP contribution in [-0.2, 0) is 27.1 Å². The number of hydrogen-bond acceptors (Lipinski definition) is 3. The van der Waals surface area contributed by atoms with E-state index in [1.807, 2.05) is 11.3 Å². The minimum atomic E-state index is 0.0151. The third-order valence-corrected chi connectivity index (χ3v) is 15.1. The summed E-state index contributed by atoms with van der Waals surface area (Å²) in [5.74, 6) is 0. The van der Waals surface area contributed by atoms with Crippen LogP contribution in [-0.4, -0.2) is 6.71 Å². The number of anilines is 6. The Morgan fingerprint density at radius 2 is 1.14 bits per heavy atom. The van der Waals surface area contributed by atoms with Crippen molar-refractivity contribution in [1.29, 1.82) is 0 Å². The Hall–Kier alpha value is -4.28. The fraction of sp³-hybridized carbons (Fsp3) is 0.407. The molecule has 0 amide bonds. The highest BCUT2D eigenvalue weighted by Crippen LogP contribution is 2.55. The lowest BCUT2D eigenvalue weighted by Gasteiger charge is -2.49. The van der Waals surface area contributed by atoms with Crippen LogP contribution in [0.2, 0.25) is 0 Å². The average molecular weight is 783 g/mol. The van der Waals surface area contributed by atoms with Gasteiger partial charge in [0.15, 0.2) is 0 Å². The van der Waals surface area contributed by atoms with Crippen LogP contribution in [0.1, 0.15) is 142 Å². The summed E-state index contributed by atoms with van der Waals surface area (Å²) in [6, 6.07) is 34.1. The molecule has 0 saturated carbocycles. The lowest BCUT2D eigenvalue weighted by Crippen LogP contribution is -2.61. The molecule has 2 aliphatic heterocycles. The van der Waals surface area contributed by atoms with Crippen molar-refractivity contribution < 1.29 is 0 Å². The molecular formula is C54H63BN2S. The van der Waals surface area contributed by atoms with Gasteiger partial charge in [-0.2, -0.15) is 0 Å². The molecule has 2 nitrogen and oxygen atoms in total. The van der Waals surface area contributed by atoms with Crippen LogP contribution in [0.5, 0.6) is 0 Å². The Bertz CT molecular complexity index is 2650. The van der Waals surface area contributed by atoms with Crippen LogP contribution < -0.4 is 25.5 Å². The number of benzene rings is 5. The lowest BCUT2D eigenvalue weighted by atomic mass is 9.35. The number of hydrogen-bond donors (Lipinski definition) is 0. The van der Waals surface area contributed by atoms with E-state index in [0.29, 0.717) is 0 Å². The van der Waals surface area contributed by atoms with Crippen LogP contribution >= 0.6 is 11.3 Å². The van der Waals surface area contributed by atoms with Gasteiger partial charge in [-0.05, 0) is 146 Å². The van der Waals surface area contributed by atoms with E-state index >= 15 is 0 Å². The van der Waals surface area contributed by atoms with Gasteiger partial charge in [-0.3, -0.25) is 0 Å². The number of rotatable bonds is 2. The molecule has 9 rings (SSSR count). The van der Waals surface area contributed by atoms with Crippen LogP contribution in [0.3, 0.4) is 0 Å². The van der Waals surface area contributed by atoms with E-state index in [9.17, 15) is 0 Å². The molecule has 3 aliphatic rings. The first-order valence-electron chi connectivity index (χ1n) is 21.7. The summed E-state index contributed by atoms with van der Waals surface area (Å²) in [6.45, 7) is 35.6. The van der Waals surface area contributed by atoms with Gasteiger partial charge >= 0.3 is 0 Å². The van der Waals surface area contributed by atoms with Crippen molar-refractivity contribution in [1.82, 2.24) is 0 Å². The number of aryl methyl sites for hydroxylation is 2. The zero-order valence-corrected chi connectivity index (χ0v) is 38.7. The van der Waals surface area contributed by atoms with Crippen LogP contribution in [0.4, 0.5) is 34.1 Å². The Balaban J connectivity index is 1.43. The van der Waals surface area contributed by atoms with Gasteiger partial charge in [-0.15, -0.1) is 11.3 Å². The molecule has 0 radical (unpaired) electrons. The van der Waals surface area contributed by atoms with Gasteiger partial charge in [-0.1, -0.05) is 132 Å². The second kappa shape index (κ2) is 12.6. The maximum absolute atomic E-state index is 2.69. The van der Waals surface area contributed by atoms with E-state index in [-0.39, 0.29) is 33.8 Å². The van der Waals surface area contributed by atoms with Gasteiger partial charge in [0.25, 0.3) is 6.71 Å². The summed E-state index contributed by atoms with van der Waals surface area (Å²) in [7, 11) is 0.